The van der Waals surface area contributed by atoms with E-state index in [0.29, 0.717) is 0 Å². The summed E-state index contributed by atoms with van der Waals surface area (Å²) in [6.07, 6.45) is 1.85. The highest BCUT2D eigenvalue weighted by Crippen LogP contribution is 2.65. The van der Waals surface area contributed by atoms with Crippen LogP contribution in [0.1, 0.15) is 39.2 Å². The second-order valence-electron chi connectivity index (χ2n) is 8.30. The second-order valence-corrected chi connectivity index (χ2v) is 9.98. The molecule has 2 fully saturated rings. The number of hydrogen-bond donors (Lipinski definition) is 2. The normalized spacial score (nSPS) is 29.6. The Kier molecular flexibility index (Phi) is 4.42. The average Bonchev–Trinajstić information content (AvgIpc) is 2.86. The van der Waals surface area contributed by atoms with Crippen molar-refractivity contribution in [2.45, 2.75) is 45.4 Å². The van der Waals surface area contributed by atoms with E-state index in [1.165, 1.54) is 12.1 Å². The molecule has 1 aromatic carbocycles. The number of carbonyl (C=O) groups excluding carboxylic acids is 2. The number of Topliss-reactive ketones (excluding diaryl/α,β-unsaturated/α-hetero) is 1. The van der Waals surface area contributed by atoms with Gasteiger partial charge in [-0.3, -0.25) is 4.79 Å². The minimum absolute atomic E-state index is 0.0305. The van der Waals surface area contributed by atoms with Gasteiger partial charge in [-0.05, 0) is 43.2 Å². The van der Waals surface area contributed by atoms with Crippen LogP contribution >= 0.6 is 0 Å². The van der Waals surface area contributed by atoms with Gasteiger partial charge in [-0.1, -0.05) is 38.5 Å². The molecule has 26 heavy (non-hydrogen) atoms. The third-order valence-electron chi connectivity index (χ3n) is 6.71. The molecule has 2 amide bonds. The molecule has 0 heterocycles. The van der Waals surface area contributed by atoms with Gasteiger partial charge in [0.2, 0.25) is 0 Å². The molecular weight excluding hydrogens is 352 g/mol. The summed E-state index contributed by atoms with van der Waals surface area (Å²) in [5.41, 5.74) is 0.481. The molecular formula is C19H26N2O4S. The van der Waals surface area contributed by atoms with Gasteiger partial charge in [-0.25, -0.2) is 17.9 Å². The third kappa shape index (κ3) is 2.82. The Labute approximate surface area is 154 Å². The Morgan fingerprint density at radius 2 is 1.81 bits per heavy atom. The molecule has 2 N–H and O–H groups in total. The summed E-state index contributed by atoms with van der Waals surface area (Å²) in [6, 6.07) is 5.44. The van der Waals surface area contributed by atoms with Crippen LogP contribution in [-0.4, -0.2) is 26.8 Å². The van der Waals surface area contributed by atoms with E-state index in [1.807, 2.05) is 18.6 Å². The molecule has 0 aliphatic heterocycles. The highest BCUT2D eigenvalue weighted by atomic mass is 32.2. The summed E-state index contributed by atoms with van der Waals surface area (Å²) in [7, 11) is -3.93. The molecule has 2 bridgehead atoms. The number of aryl methyl sites for hydroxylation is 1. The Balaban J connectivity index is 1.63. The summed E-state index contributed by atoms with van der Waals surface area (Å²) in [6.45, 7) is 8.26. The van der Waals surface area contributed by atoms with Crippen LogP contribution in [-0.2, 0) is 14.8 Å². The zero-order valence-corrected chi connectivity index (χ0v) is 16.4. The first-order chi connectivity index (χ1) is 12.0. The van der Waals surface area contributed by atoms with Crippen LogP contribution in [0.2, 0.25) is 0 Å². The van der Waals surface area contributed by atoms with Crippen LogP contribution in [0, 0.1) is 29.6 Å². The summed E-state index contributed by atoms with van der Waals surface area (Å²) < 4.78 is 26.5. The molecule has 0 spiro atoms. The first kappa shape index (κ1) is 18.9. The first-order valence-corrected chi connectivity index (χ1v) is 10.4. The number of benzene rings is 1. The van der Waals surface area contributed by atoms with Crippen molar-refractivity contribution in [3.63, 3.8) is 0 Å². The minimum atomic E-state index is -3.93. The number of sulfonamides is 1. The van der Waals surface area contributed by atoms with E-state index in [4.69, 9.17) is 0 Å². The lowest BCUT2D eigenvalue weighted by atomic mass is 9.70. The van der Waals surface area contributed by atoms with Crippen LogP contribution in [0.25, 0.3) is 0 Å². The molecule has 142 valence electrons. The van der Waals surface area contributed by atoms with Gasteiger partial charge in [0, 0.05) is 17.9 Å². The number of amides is 2. The summed E-state index contributed by atoms with van der Waals surface area (Å²) in [5.74, 6) is 0.144. The largest absolute Gasteiger partial charge is 0.337 e. The number of ketones is 1. The minimum Gasteiger partial charge on any atom is -0.337 e. The number of rotatable bonds is 4. The average molecular weight is 378 g/mol. The van der Waals surface area contributed by atoms with Crippen molar-refractivity contribution in [3.8, 4) is 0 Å². The Bertz CT molecular complexity index is 845. The second kappa shape index (κ2) is 6.08. The highest BCUT2D eigenvalue weighted by molar-refractivity contribution is 7.90. The van der Waals surface area contributed by atoms with E-state index in [-0.39, 0.29) is 39.9 Å². The van der Waals surface area contributed by atoms with Gasteiger partial charge in [0.1, 0.15) is 5.78 Å². The fraction of sp³-hybridized carbons (Fsp3) is 0.579. The van der Waals surface area contributed by atoms with Crippen molar-refractivity contribution in [3.05, 3.63) is 29.8 Å². The Morgan fingerprint density at radius 1 is 1.19 bits per heavy atom. The molecule has 6 nitrogen and oxygen atoms in total. The highest BCUT2D eigenvalue weighted by Gasteiger charge is 2.65. The molecule has 2 aliphatic carbocycles. The maximum Gasteiger partial charge on any atom is 0.328 e. The van der Waals surface area contributed by atoms with Crippen molar-refractivity contribution in [2.75, 3.05) is 6.54 Å². The lowest BCUT2D eigenvalue weighted by molar-refractivity contribution is -0.131. The summed E-state index contributed by atoms with van der Waals surface area (Å²) in [4.78, 5) is 24.9. The number of hydrogen-bond acceptors (Lipinski definition) is 4. The standard InChI is InChI=1S/C19H26N2O4S/c1-12-5-7-13(8-6-12)26(24,25)21-17(23)20-11-14-15-9-10-19(4,16(14)22)18(15,2)3/h5-8,14-15H,9-11H2,1-4H3,(H2,20,21,23). The molecule has 7 heteroatoms. The topological polar surface area (TPSA) is 92.3 Å². The fourth-order valence-corrected chi connectivity index (χ4v) is 5.57. The molecule has 0 aromatic heterocycles. The quantitative estimate of drug-likeness (QED) is 0.842. The molecule has 0 saturated heterocycles. The van der Waals surface area contributed by atoms with Crippen LogP contribution in [0.5, 0.6) is 0 Å². The SMILES string of the molecule is Cc1ccc(S(=O)(=O)NC(=O)NCC2C(=O)C3(C)CCC2C3(C)C)cc1. The lowest BCUT2D eigenvalue weighted by Crippen LogP contribution is -2.44. The van der Waals surface area contributed by atoms with E-state index in [0.717, 1.165) is 18.4 Å². The van der Waals surface area contributed by atoms with Gasteiger partial charge in [-0.15, -0.1) is 0 Å². The first-order valence-electron chi connectivity index (χ1n) is 8.91. The van der Waals surface area contributed by atoms with Crippen LogP contribution in [0.3, 0.4) is 0 Å². The fourth-order valence-electron chi connectivity index (χ4n) is 4.65. The van der Waals surface area contributed by atoms with E-state index in [2.05, 4.69) is 19.2 Å². The maximum atomic E-state index is 12.8. The zero-order chi connectivity index (χ0) is 19.3. The van der Waals surface area contributed by atoms with Gasteiger partial charge < -0.3 is 5.32 Å². The number of nitrogens with one attached hydrogen (secondary N) is 2. The van der Waals surface area contributed by atoms with Crippen LogP contribution in [0.4, 0.5) is 4.79 Å². The van der Waals surface area contributed by atoms with E-state index in [1.54, 1.807) is 12.1 Å². The zero-order valence-electron chi connectivity index (χ0n) is 15.6. The van der Waals surface area contributed by atoms with Crippen molar-refractivity contribution in [1.29, 1.82) is 0 Å². The van der Waals surface area contributed by atoms with Gasteiger partial charge in [0.05, 0.1) is 4.90 Å². The van der Waals surface area contributed by atoms with Crippen LogP contribution in [0.15, 0.2) is 29.2 Å². The van der Waals surface area contributed by atoms with E-state index < -0.39 is 16.1 Å². The predicted molar refractivity (Wildman–Crippen MR) is 98.0 cm³/mol. The van der Waals surface area contributed by atoms with Gasteiger partial charge in [-0.2, -0.15) is 0 Å². The lowest BCUT2D eigenvalue weighted by Gasteiger charge is -2.32. The molecule has 3 rings (SSSR count). The molecule has 1 aromatic rings. The number of fused-ring (bicyclic) bond motifs is 2. The smallest absolute Gasteiger partial charge is 0.328 e. The maximum absolute atomic E-state index is 12.8. The van der Waals surface area contributed by atoms with Gasteiger partial charge >= 0.3 is 6.03 Å². The third-order valence-corrected chi connectivity index (χ3v) is 8.06. The molecule has 2 aliphatic rings. The summed E-state index contributed by atoms with van der Waals surface area (Å²) >= 11 is 0. The Hall–Kier alpha value is -1.89. The van der Waals surface area contributed by atoms with Gasteiger partial charge in [0.15, 0.2) is 0 Å². The molecule has 3 unspecified atom stereocenters. The summed E-state index contributed by atoms with van der Waals surface area (Å²) in [5, 5.41) is 2.58. The van der Waals surface area contributed by atoms with Gasteiger partial charge in [0.25, 0.3) is 10.0 Å². The number of urea groups is 1. The predicted octanol–water partition coefficient (Wildman–Crippen LogP) is 2.62. The molecule has 3 atom stereocenters. The van der Waals surface area contributed by atoms with E-state index >= 15 is 0 Å². The van der Waals surface area contributed by atoms with Crippen molar-refractivity contribution < 1.29 is 18.0 Å². The van der Waals surface area contributed by atoms with E-state index in [9.17, 15) is 18.0 Å². The molecule has 0 radical (unpaired) electrons. The molecule has 2 saturated carbocycles. The van der Waals surface area contributed by atoms with Crippen molar-refractivity contribution in [2.24, 2.45) is 22.7 Å². The van der Waals surface area contributed by atoms with Crippen LogP contribution < -0.4 is 10.0 Å². The monoisotopic (exact) mass is 378 g/mol. The Morgan fingerprint density at radius 3 is 2.35 bits per heavy atom. The van der Waals surface area contributed by atoms with Crippen molar-refractivity contribution >= 4 is 21.8 Å². The van der Waals surface area contributed by atoms with Crippen molar-refractivity contribution in [1.82, 2.24) is 10.0 Å². The number of carbonyl (C=O) groups is 2.